The zero-order valence-corrected chi connectivity index (χ0v) is 37.2. The fourth-order valence-electron chi connectivity index (χ4n) is 7.18. The van der Waals surface area contributed by atoms with E-state index >= 15 is 0 Å². The molecule has 0 spiro atoms. The largest absolute Gasteiger partial charge is 0.466 e. The molecule has 0 saturated heterocycles. The monoisotopic (exact) mass is 786 g/mol. The van der Waals surface area contributed by atoms with Crippen LogP contribution in [-0.4, -0.2) is 62.3 Å². The molecule has 7 nitrogen and oxygen atoms in total. The van der Waals surface area contributed by atoms with Gasteiger partial charge in [-0.3, -0.25) is 14.4 Å². The number of esters is 3. The Morgan fingerprint density at radius 1 is 0.571 bits per heavy atom. The Labute approximate surface area is 345 Å². The molecule has 0 heterocycles. The summed E-state index contributed by atoms with van der Waals surface area (Å²) in [5.74, 6) is 1.07. The van der Waals surface area contributed by atoms with Crippen LogP contribution in [0.1, 0.15) is 208 Å². The van der Waals surface area contributed by atoms with Crippen LogP contribution >= 0.6 is 0 Å². The standard InChI is InChI=1S/C49H87NO6/c1-7-12-21-30-44(6)37-41-55-47(51)35-26-19-15-17-24-33-46(43-49(53)54-40-29-28-39-50(10-4)11-5)34-25-18-16-20-27-36-48(52)56-42-38-45(31-22-13-8-2)32-23-14-9-3/h31,44-46H,2,7,9-12,14-21,23-30,32-43H2,1,3-6H3. The van der Waals surface area contributed by atoms with Crippen molar-refractivity contribution in [3.63, 3.8) is 0 Å². The molecule has 0 amide bonds. The fraction of sp³-hybridized carbons (Fsp3) is 0.837. The first kappa shape index (κ1) is 53.5. The Balaban J connectivity index is 4.47. The van der Waals surface area contributed by atoms with Crippen LogP contribution in [0.25, 0.3) is 0 Å². The van der Waals surface area contributed by atoms with Gasteiger partial charge < -0.3 is 19.1 Å². The highest BCUT2D eigenvalue weighted by molar-refractivity contribution is 5.70. The molecule has 0 aromatic heterocycles. The van der Waals surface area contributed by atoms with Crippen molar-refractivity contribution in [2.24, 2.45) is 17.8 Å². The van der Waals surface area contributed by atoms with Gasteiger partial charge in [0.1, 0.15) is 0 Å². The summed E-state index contributed by atoms with van der Waals surface area (Å²) < 4.78 is 16.7. The van der Waals surface area contributed by atoms with E-state index in [9.17, 15) is 14.4 Å². The molecule has 0 aliphatic carbocycles. The number of nitrogens with zero attached hydrogens (tertiary/aromatic N) is 1. The Kier molecular flexibility index (Phi) is 38.8. The van der Waals surface area contributed by atoms with E-state index in [1.54, 1.807) is 0 Å². The van der Waals surface area contributed by atoms with Gasteiger partial charge in [0.25, 0.3) is 0 Å². The van der Waals surface area contributed by atoms with Crippen molar-refractivity contribution in [2.75, 3.05) is 39.5 Å². The first-order chi connectivity index (χ1) is 27.3. The first-order valence-corrected chi connectivity index (χ1v) is 23.3. The van der Waals surface area contributed by atoms with Gasteiger partial charge in [-0.2, -0.15) is 0 Å². The molecule has 0 fully saturated rings. The minimum absolute atomic E-state index is 0.0568. The third-order valence-electron chi connectivity index (χ3n) is 11.1. The molecule has 0 rings (SSSR count). The second-order valence-electron chi connectivity index (χ2n) is 16.1. The second-order valence-corrected chi connectivity index (χ2v) is 16.1. The molecule has 0 aromatic rings. The van der Waals surface area contributed by atoms with Gasteiger partial charge in [-0.1, -0.05) is 142 Å². The van der Waals surface area contributed by atoms with E-state index in [-0.39, 0.29) is 17.9 Å². The lowest BCUT2D eigenvalue weighted by atomic mass is 9.91. The Bertz CT molecular complexity index is 1070. The van der Waals surface area contributed by atoms with Crippen molar-refractivity contribution in [2.45, 2.75) is 208 Å². The van der Waals surface area contributed by atoms with Crippen LogP contribution in [0.2, 0.25) is 0 Å². The molecular formula is C49H87NO6. The maximum Gasteiger partial charge on any atom is 0.306 e. The van der Waals surface area contributed by atoms with Gasteiger partial charge in [0.2, 0.25) is 0 Å². The van der Waals surface area contributed by atoms with Crippen LogP contribution in [0.5, 0.6) is 0 Å². The summed E-state index contributed by atoms with van der Waals surface area (Å²) in [6.07, 6.45) is 29.3. The number of ether oxygens (including phenoxy) is 3. The maximum absolute atomic E-state index is 12.8. The van der Waals surface area contributed by atoms with Crippen LogP contribution in [-0.2, 0) is 28.6 Å². The van der Waals surface area contributed by atoms with E-state index in [1.807, 2.05) is 6.08 Å². The van der Waals surface area contributed by atoms with E-state index in [1.165, 1.54) is 38.5 Å². The van der Waals surface area contributed by atoms with Crippen molar-refractivity contribution >= 4 is 17.9 Å². The summed E-state index contributed by atoms with van der Waals surface area (Å²) in [4.78, 5) is 39.7. The molecule has 7 heteroatoms. The SMILES string of the molecule is C=C=C=C=CC(CCCCC)CCOC(=O)CCCCCCCC(CCCCCCCC(=O)OCCC(C)CCCCC)CC(=O)OCCCCN(CC)CC. The minimum atomic E-state index is -0.104. The Morgan fingerprint density at radius 2 is 1.09 bits per heavy atom. The van der Waals surface area contributed by atoms with Crippen LogP contribution in [0, 0.1) is 17.8 Å². The lowest BCUT2D eigenvalue weighted by Crippen LogP contribution is -2.24. The average Bonchev–Trinajstić information content (AvgIpc) is 3.18. The van der Waals surface area contributed by atoms with Gasteiger partial charge in [0.15, 0.2) is 0 Å². The predicted octanol–water partition coefficient (Wildman–Crippen LogP) is 13.1. The van der Waals surface area contributed by atoms with Gasteiger partial charge in [0, 0.05) is 19.3 Å². The third-order valence-corrected chi connectivity index (χ3v) is 11.1. The smallest absolute Gasteiger partial charge is 0.306 e. The van der Waals surface area contributed by atoms with E-state index in [0.29, 0.717) is 56.8 Å². The molecular weight excluding hydrogens is 699 g/mol. The van der Waals surface area contributed by atoms with Gasteiger partial charge >= 0.3 is 17.9 Å². The van der Waals surface area contributed by atoms with Crippen molar-refractivity contribution in [3.05, 3.63) is 29.8 Å². The number of carbonyl (C=O) groups is 3. The Hall–Kier alpha value is -2.55. The first-order valence-electron chi connectivity index (χ1n) is 23.3. The van der Waals surface area contributed by atoms with Crippen molar-refractivity contribution in [1.29, 1.82) is 0 Å². The van der Waals surface area contributed by atoms with Crippen LogP contribution in [0.3, 0.4) is 0 Å². The highest BCUT2D eigenvalue weighted by Crippen LogP contribution is 2.23. The predicted molar refractivity (Wildman–Crippen MR) is 234 cm³/mol. The summed E-state index contributed by atoms with van der Waals surface area (Å²) >= 11 is 0. The molecule has 0 radical (unpaired) electrons. The number of hydrogen-bond acceptors (Lipinski definition) is 7. The van der Waals surface area contributed by atoms with E-state index in [4.69, 9.17) is 14.2 Å². The summed E-state index contributed by atoms with van der Waals surface area (Å²) in [7, 11) is 0. The summed E-state index contributed by atoms with van der Waals surface area (Å²) in [6, 6.07) is 0. The molecule has 324 valence electrons. The van der Waals surface area contributed by atoms with E-state index < -0.39 is 0 Å². The number of hydrogen-bond donors (Lipinski definition) is 0. The zero-order chi connectivity index (χ0) is 41.3. The molecule has 3 unspecified atom stereocenters. The number of allylic oxidation sites excluding steroid dienone is 1. The van der Waals surface area contributed by atoms with E-state index in [0.717, 1.165) is 135 Å². The zero-order valence-electron chi connectivity index (χ0n) is 37.2. The molecule has 3 atom stereocenters. The van der Waals surface area contributed by atoms with Crippen molar-refractivity contribution in [3.8, 4) is 0 Å². The average molecular weight is 786 g/mol. The van der Waals surface area contributed by atoms with Crippen molar-refractivity contribution in [1.82, 2.24) is 4.90 Å². The van der Waals surface area contributed by atoms with Crippen LogP contribution < -0.4 is 0 Å². The fourth-order valence-corrected chi connectivity index (χ4v) is 7.18. The summed E-state index contributed by atoms with van der Waals surface area (Å²) in [6.45, 7) is 19.3. The van der Waals surface area contributed by atoms with Gasteiger partial charge in [-0.15, -0.1) is 0 Å². The lowest BCUT2D eigenvalue weighted by molar-refractivity contribution is -0.145. The lowest BCUT2D eigenvalue weighted by Gasteiger charge is -2.18. The normalized spacial score (nSPS) is 12.6. The quantitative estimate of drug-likeness (QED) is 0.0265. The molecule has 0 aliphatic heterocycles. The maximum atomic E-state index is 12.8. The molecule has 0 saturated carbocycles. The summed E-state index contributed by atoms with van der Waals surface area (Å²) in [5.41, 5.74) is 8.38. The van der Waals surface area contributed by atoms with Gasteiger partial charge in [-0.05, 0) is 114 Å². The molecule has 0 bridgehead atoms. The molecule has 0 N–H and O–H groups in total. The van der Waals surface area contributed by atoms with Crippen LogP contribution in [0.15, 0.2) is 29.8 Å². The third kappa shape index (κ3) is 35.8. The second kappa shape index (κ2) is 40.6. The topological polar surface area (TPSA) is 82.1 Å². The van der Waals surface area contributed by atoms with E-state index in [2.05, 4.69) is 63.3 Å². The number of unbranched alkanes of at least 4 members (excludes halogenated alkanes) is 13. The minimum Gasteiger partial charge on any atom is -0.466 e. The molecule has 0 aromatic carbocycles. The molecule has 56 heavy (non-hydrogen) atoms. The Morgan fingerprint density at radius 3 is 1.66 bits per heavy atom. The number of rotatable bonds is 40. The molecule has 0 aliphatic rings. The van der Waals surface area contributed by atoms with Crippen molar-refractivity contribution < 1.29 is 28.6 Å². The van der Waals surface area contributed by atoms with Gasteiger partial charge in [0.05, 0.1) is 19.8 Å². The highest BCUT2D eigenvalue weighted by Gasteiger charge is 2.16. The van der Waals surface area contributed by atoms with Crippen LogP contribution in [0.4, 0.5) is 0 Å². The van der Waals surface area contributed by atoms with Gasteiger partial charge in [-0.25, -0.2) is 0 Å². The highest BCUT2D eigenvalue weighted by atomic mass is 16.5. The number of carbonyl (C=O) groups excluding carboxylic acids is 3. The summed E-state index contributed by atoms with van der Waals surface area (Å²) in [5, 5.41) is 0.